The Morgan fingerprint density at radius 3 is 2.65 bits per heavy atom. The molecule has 1 unspecified atom stereocenters. The molecule has 0 saturated heterocycles. The van der Waals surface area contributed by atoms with Crippen LogP contribution in [-0.4, -0.2) is 13.3 Å². The molecule has 3 heteroatoms. The van der Waals surface area contributed by atoms with Crippen molar-refractivity contribution in [3.8, 4) is 11.5 Å². The van der Waals surface area contributed by atoms with Crippen LogP contribution in [0.3, 0.4) is 0 Å². The Bertz CT molecular complexity index is 396. The molecule has 1 aliphatic heterocycles. The molecule has 0 fully saturated rings. The average molecular weight is 235 g/mol. The van der Waals surface area contributed by atoms with E-state index < -0.39 is 0 Å². The zero-order chi connectivity index (χ0) is 12.5. The van der Waals surface area contributed by atoms with Gasteiger partial charge in [0.1, 0.15) is 0 Å². The predicted octanol–water partition coefficient (Wildman–Crippen LogP) is 3.11. The van der Waals surface area contributed by atoms with Crippen molar-refractivity contribution in [2.45, 2.75) is 33.7 Å². The van der Waals surface area contributed by atoms with E-state index in [1.54, 1.807) is 0 Å². The van der Waals surface area contributed by atoms with E-state index in [9.17, 15) is 0 Å². The first-order valence-electron chi connectivity index (χ1n) is 6.09. The van der Waals surface area contributed by atoms with Crippen molar-refractivity contribution in [2.75, 3.05) is 13.3 Å². The summed E-state index contributed by atoms with van der Waals surface area (Å²) in [5, 5.41) is 3.53. The molecule has 3 nitrogen and oxygen atoms in total. The van der Waals surface area contributed by atoms with E-state index in [0.29, 0.717) is 18.2 Å². The summed E-state index contributed by atoms with van der Waals surface area (Å²) in [4.78, 5) is 0. The van der Waals surface area contributed by atoms with Gasteiger partial charge in [0.2, 0.25) is 6.79 Å². The monoisotopic (exact) mass is 235 g/mol. The quantitative estimate of drug-likeness (QED) is 0.873. The first kappa shape index (κ1) is 12.2. The molecule has 0 radical (unpaired) electrons. The molecule has 1 heterocycles. The lowest BCUT2D eigenvalue weighted by atomic mass is 9.96. The normalized spacial score (nSPS) is 16.0. The highest BCUT2D eigenvalue weighted by molar-refractivity contribution is 5.45. The van der Waals surface area contributed by atoms with Gasteiger partial charge in [0.05, 0.1) is 0 Å². The third-order valence-corrected chi connectivity index (χ3v) is 2.84. The van der Waals surface area contributed by atoms with Gasteiger partial charge >= 0.3 is 0 Å². The van der Waals surface area contributed by atoms with E-state index in [1.807, 2.05) is 6.07 Å². The molecule has 1 atom stereocenters. The summed E-state index contributed by atoms with van der Waals surface area (Å²) in [6.07, 6.45) is 0. The smallest absolute Gasteiger partial charge is 0.231 e. The van der Waals surface area contributed by atoms with Crippen molar-refractivity contribution in [1.29, 1.82) is 0 Å². The van der Waals surface area contributed by atoms with Gasteiger partial charge in [-0.3, -0.25) is 0 Å². The lowest BCUT2D eigenvalue weighted by Gasteiger charge is -2.23. The second-order valence-corrected chi connectivity index (χ2v) is 5.78. The van der Waals surface area contributed by atoms with E-state index in [1.165, 1.54) is 5.56 Å². The van der Waals surface area contributed by atoms with Crippen LogP contribution in [0.4, 0.5) is 0 Å². The standard InChI is InChI=1S/C14H21NO2/c1-10(15-8-14(2,3)4)11-5-6-12-13(7-11)17-9-16-12/h5-7,10,15H,8-9H2,1-4H3. The molecule has 1 aromatic rings. The maximum absolute atomic E-state index is 5.38. The van der Waals surface area contributed by atoms with Gasteiger partial charge in [0.25, 0.3) is 0 Å². The van der Waals surface area contributed by atoms with Crippen LogP contribution in [-0.2, 0) is 0 Å². The molecule has 0 spiro atoms. The molecule has 0 bridgehead atoms. The first-order chi connectivity index (χ1) is 7.96. The van der Waals surface area contributed by atoms with Crippen LogP contribution < -0.4 is 14.8 Å². The van der Waals surface area contributed by atoms with Gasteiger partial charge in [0, 0.05) is 12.6 Å². The molecule has 0 saturated carbocycles. The van der Waals surface area contributed by atoms with Crippen LogP contribution >= 0.6 is 0 Å². The minimum atomic E-state index is 0.296. The minimum Gasteiger partial charge on any atom is -0.454 e. The molecule has 2 rings (SSSR count). The number of benzene rings is 1. The van der Waals surface area contributed by atoms with Crippen LogP contribution in [0, 0.1) is 5.41 Å². The lowest BCUT2D eigenvalue weighted by molar-refractivity contribution is 0.174. The molecule has 94 valence electrons. The zero-order valence-corrected chi connectivity index (χ0v) is 11.0. The van der Waals surface area contributed by atoms with E-state index in [2.05, 4.69) is 45.1 Å². The summed E-state index contributed by atoms with van der Waals surface area (Å²) in [6.45, 7) is 10.2. The summed E-state index contributed by atoms with van der Waals surface area (Å²) in [5.41, 5.74) is 1.53. The Kier molecular flexibility index (Phi) is 3.29. The molecule has 0 aliphatic carbocycles. The topological polar surface area (TPSA) is 30.5 Å². The molecule has 0 aromatic heterocycles. The fraction of sp³-hybridized carbons (Fsp3) is 0.571. The van der Waals surface area contributed by atoms with Gasteiger partial charge in [-0.2, -0.15) is 0 Å². The number of hydrogen-bond donors (Lipinski definition) is 1. The molecule has 17 heavy (non-hydrogen) atoms. The van der Waals surface area contributed by atoms with Crippen LogP contribution in [0.15, 0.2) is 18.2 Å². The first-order valence-corrected chi connectivity index (χ1v) is 6.09. The number of hydrogen-bond acceptors (Lipinski definition) is 3. The lowest BCUT2D eigenvalue weighted by Crippen LogP contribution is -2.29. The second-order valence-electron chi connectivity index (χ2n) is 5.78. The van der Waals surface area contributed by atoms with Crippen LogP contribution in [0.25, 0.3) is 0 Å². The van der Waals surface area contributed by atoms with E-state index >= 15 is 0 Å². The highest BCUT2D eigenvalue weighted by atomic mass is 16.7. The number of nitrogens with one attached hydrogen (secondary N) is 1. The Morgan fingerprint density at radius 1 is 1.24 bits per heavy atom. The summed E-state index contributed by atoms with van der Waals surface area (Å²) < 4.78 is 10.7. The SMILES string of the molecule is CC(NCC(C)(C)C)c1ccc2c(c1)OCO2. The van der Waals surface area contributed by atoms with Gasteiger partial charge in [-0.15, -0.1) is 0 Å². The maximum atomic E-state index is 5.38. The van der Waals surface area contributed by atoms with Crippen molar-refractivity contribution in [3.63, 3.8) is 0 Å². The third kappa shape index (κ3) is 3.13. The zero-order valence-electron chi connectivity index (χ0n) is 11.0. The molecule has 1 aliphatic rings. The Labute approximate surface area is 103 Å². The maximum Gasteiger partial charge on any atom is 0.231 e. The van der Waals surface area contributed by atoms with Crippen molar-refractivity contribution in [1.82, 2.24) is 5.32 Å². The molecular formula is C14H21NO2. The average Bonchev–Trinajstić information content (AvgIpc) is 2.71. The summed E-state index contributed by atoms with van der Waals surface area (Å²) in [5.74, 6) is 1.70. The minimum absolute atomic E-state index is 0.296. The molecule has 1 aromatic carbocycles. The Balaban J connectivity index is 2.02. The Hall–Kier alpha value is -1.22. The number of rotatable bonds is 3. The van der Waals surface area contributed by atoms with Gasteiger partial charge < -0.3 is 14.8 Å². The highest BCUT2D eigenvalue weighted by Crippen LogP contribution is 2.34. The molecule has 1 N–H and O–H groups in total. The van der Waals surface area contributed by atoms with Gasteiger partial charge in [0.15, 0.2) is 11.5 Å². The van der Waals surface area contributed by atoms with Gasteiger partial charge in [-0.05, 0) is 30.0 Å². The van der Waals surface area contributed by atoms with Crippen molar-refractivity contribution < 1.29 is 9.47 Å². The van der Waals surface area contributed by atoms with E-state index in [0.717, 1.165) is 18.0 Å². The second kappa shape index (κ2) is 4.57. The highest BCUT2D eigenvalue weighted by Gasteiger charge is 2.17. The molecule has 0 amide bonds. The fourth-order valence-electron chi connectivity index (χ4n) is 1.76. The fourth-order valence-corrected chi connectivity index (χ4v) is 1.76. The Morgan fingerprint density at radius 2 is 1.94 bits per heavy atom. The number of fused-ring (bicyclic) bond motifs is 1. The largest absolute Gasteiger partial charge is 0.454 e. The van der Waals surface area contributed by atoms with Crippen LogP contribution in [0.1, 0.15) is 39.3 Å². The van der Waals surface area contributed by atoms with E-state index in [4.69, 9.17) is 9.47 Å². The number of ether oxygens (including phenoxy) is 2. The summed E-state index contributed by atoms with van der Waals surface area (Å²) in [6, 6.07) is 6.45. The van der Waals surface area contributed by atoms with Gasteiger partial charge in [-0.1, -0.05) is 26.8 Å². The third-order valence-electron chi connectivity index (χ3n) is 2.84. The van der Waals surface area contributed by atoms with Crippen LogP contribution in [0.5, 0.6) is 11.5 Å². The van der Waals surface area contributed by atoms with E-state index in [-0.39, 0.29) is 0 Å². The van der Waals surface area contributed by atoms with Crippen molar-refractivity contribution in [2.24, 2.45) is 5.41 Å². The predicted molar refractivity (Wildman–Crippen MR) is 68.4 cm³/mol. The molecular weight excluding hydrogens is 214 g/mol. The summed E-state index contributed by atoms with van der Waals surface area (Å²) >= 11 is 0. The summed E-state index contributed by atoms with van der Waals surface area (Å²) in [7, 11) is 0. The van der Waals surface area contributed by atoms with Crippen molar-refractivity contribution >= 4 is 0 Å². The van der Waals surface area contributed by atoms with Crippen LogP contribution in [0.2, 0.25) is 0 Å². The van der Waals surface area contributed by atoms with Crippen molar-refractivity contribution in [3.05, 3.63) is 23.8 Å². The van der Waals surface area contributed by atoms with Gasteiger partial charge in [-0.25, -0.2) is 0 Å².